The molecule has 1 saturated carbocycles. The average molecular weight is 296 g/mol. The second-order valence-electron chi connectivity index (χ2n) is 6.35. The van der Waals surface area contributed by atoms with Gasteiger partial charge in [0.1, 0.15) is 0 Å². The van der Waals surface area contributed by atoms with E-state index in [1.807, 2.05) is 24.0 Å². The Morgan fingerprint density at radius 2 is 1.95 bits per heavy atom. The van der Waals surface area contributed by atoms with Crippen molar-refractivity contribution in [3.8, 4) is 0 Å². The number of rotatable bonds is 3. The van der Waals surface area contributed by atoms with Gasteiger partial charge in [0.05, 0.1) is 16.8 Å². The van der Waals surface area contributed by atoms with Crippen LogP contribution in [-0.2, 0) is 0 Å². The summed E-state index contributed by atoms with van der Waals surface area (Å²) < 4.78 is 0. The van der Waals surface area contributed by atoms with Crippen molar-refractivity contribution in [3.63, 3.8) is 0 Å². The van der Waals surface area contributed by atoms with Crippen molar-refractivity contribution in [2.24, 2.45) is 0 Å². The molecule has 1 aromatic carbocycles. The molecule has 3 nitrogen and oxygen atoms in total. The fourth-order valence-corrected chi connectivity index (χ4v) is 3.55. The second-order valence-corrected chi connectivity index (χ2v) is 6.35. The maximum Gasteiger partial charge on any atom is 0.255 e. The summed E-state index contributed by atoms with van der Waals surface area (Å²) in [6, 6.07) is 8.62. The Bertz CT molecular complexity index is 702. The van der Waals surface area contributed by atoms with Gasteiger partial charge in [-0.15, -0.1) is 0 Å². The number of benzene rings is 1. The fraction of sp³-hybridized carbons (Fsp3) is 0.474. The van der Waals surface area contributed by atoms with Crippen LogP contribution in [0.3, 0.4) is 0 Å². The summed E-state index contributed by atoms with van der Waals surface area (Å²) in [5, 5.41) is 1.05. The molecule has 1 amide bonds. The number of amides is 1. The van der Waals surface area contributed by atoms with Gasteiger partial charge in [-0.25, -0.2) is 0 Å². The molecule has 0 bridgehead atoms. The fourth-order valence-electron chi connectivity index (χ4n) is 3.55. The van der Waals surface area contributed by atoms with Crippen LogP contribution >= 0.6 is 0 Å². The molecule has 1 aromatic heterocycles. The third-order valence-electron chi connectivity index (χ3n) is 4.76. The predicted molar refractivity (Wildman–Crippen MR) is 90.2 cm³/mol. The third kappa shape index (κ3) is 2.72. The zero-order valence-corrected chi connectivity index (χ0v) is 13.7. The van der Waals surface area contributed by atoms with E-state index in [1.54, 1.807) is 0 Å². The quantitative estimate of drug-likeness (QED) is 0.848. The Morgan fingerprint density at radius 3 is 2.64 bits per heavy atom. The highest BCUT2D eigenvalue weighted by molar-refractivity contribution is 5.98. The minimum absolute atomic E-state index is 0.141. The molecule has 1 fully saturated rings. The second kappa shape index (κ2) is 6.07. The highest BCUT2D eigenvalue weighted by Gasteiger charge is 2.27. The molecule has 2 aromatic rings. The first-order chi connectivity index (χ1) is 10.6. The van der Waals surface area contributed by atoms with Crippen LogP contribution in [0, 0.1) is 13.8 Å². The Balaban J connectivity index is 2.00. The monoisotopic (exact) mass is 296 g/mol. The zero-order valence-electron chi connectivity index (χ0n) is 13.7. The van der Waals surface area contributed by atoms with E-state index in [0.717, 1.165) is 41.5 Å². The summed E-state index contributed by atoms with van der Waals surface area (Å²) in [6.45, 7) is 6.85. The van der Waals surface area contributed by atoms with Crippen molar-refractivity contribution in [2.75, 3.05) is 6.54 Å². The summed E-state index contributed by atoms with van der Waals surface area (Å²) >= 11 is 0. The number of aromatic nitrogens is 1. The van der Waals surface area contributed by atoms with Crippen LogP contribution in [0.1, 0.15) is 54.2 Å². The van der Waals surface area contributed by atoms with Crippen molar-refractivity contribution >= 4 is 16.8 Å². The molecule has 116 valence electrons. The smallest absolute Gasteiger partial charge is 0.255 e. The van der Waals surface area contributed by atoms with Crippen LogP contribution in [0.2, 0.25) is 0 Å². The van der Waals surface area contributed by atoms with Gasteiger partial charge in [-0.05, 0) is 51.8 Å². The van der Waals surface area contributed by atoms with E-state index in [2.05, 4.69) is 31.0 Å². The van der Waals surface area contributed by atoms with Gasteiger partial charge >= 0.3 is 0 Å². The Kier molecular flexibility index (Phi) is 4.14. The third-order valence-corrected chi connectivity index (χ3v) is 4.76. The predicted octanol–water partition coefficient (Wildman–Crippen LogP) is 4.26. The summed E-state index contributed by atoms with van der Waals surface area (Å²) in [5.74, 6) is 0.141. The summed E-state index contributed by atoms with van der Waals surface area (Å²) in [7, 11) is 0. The van der Waals surface area contributed by atoms with Crippen LogP contribution in [0.25, 0.3) is 10.9 Å². The van der Waals surface area contributed by atoms with E-state index < -0.39 is 0 Å². The highest BCUT2D eigenvalue weighted by atomic mass is 16.2. The highest BCUT2D eigenvalue weighted by Crippen LogP contribution is 2.26. The van der Waals surface area contributed by atoms with Crippen LogP contribution in [0.5, 0.6) is 0 Å². The van der Waals surface area contributed by atoms with Gasteiger partial charge in [0.25, 0.3) is 5.91 Å². The Morgan fingerprint density at radius 1 is 1.23 bits per heavy atom. The molecule has 0 saturated heterocycles. The van der Waals surface area contributed by atoms with E-state index in [9.17, 15) is 4.79 Å². The lowest BCUT2D eigenvalue weighted by molar-refractivity contribution is 0.0692. The number of pyridine rings is 1. The van der Waals surface area contributed by atoms with Gasteiger partial charge in [0.2, 0.25) is 0 Å². The number of fused-ring (bicyclic) bond motifs is 1. The molecule has 0 N–H and O–H groups in total. The van der Waals surface area contributed by atoms with Crippen molar-refractivity contribution in [3.05, 3.63) is 41.1 Å². The zero-order chi connectivity index (χ0) is 15.7. The van der Waals surface area contributed by atoms with Gasteiger partial charge in [0.15, 0.2) is 0 Å². The normalized spacial score (nSPS) is 15.4. The average Bonchev–Trinajstić information content (AvgIpc) is 3.01. The molecule has 0 atom stereocenters. The molecule has 1 heterocycles. The number of carbonyl (C=O) groups is 1. The molecule has 0 aliphatic heterocycles. The lowest BCUT2D eigenvalue weighted by atomic mass is 10.1. The molecule has 0 spiro atoms. The number of carbonyl (C=O) groups excluding carboxylic acids is 1. The van der Waals surface area contributed by atoms with E-state index >= 15 is 0 Å². The molecule has 1 aliphatic carbocycles. The van der Waals surface area contributed by atoms with Gasteiger partial charge in [0, 0.05) is 18.0 Å². The first-order valence-electron chi connectivity index (χ1n) is 8.29. The molecule has 1 aliphatic rings. The number of nitrogens with zero attached hydrogens (tertiary/aromatic N) is 2. The molecule has 3 heteroatoms. The first-order valence-corrected chi connectivity index (χ1v) is 8.29. The van der Waals surface area contributed by atoms with E-state index in [4.69, 9.17) is 0 Å². The van der Waals surface area contributed by atoms with E-state index in [1.165, 1.54) is 18.4 Å². The van der Waals surface area contributed by atoms with Crippen LogP contribution in [0.15, 0.2) is 24.3 Å². The Hall–Kier alpha value is -1.90. The number of aryl methyl sites for hydroxylation is 2. The number of hydrogen-bond acceptors (Lipinski definition) is 2. The maximum absolute atomic E-state index is 13.0. The molecular formula is C19H24N2O. The maximum atomic E-state index is 13.0. The van der Waals surface area contributed by atoms with E-state index in [0.29, 0.717) is 6.04 Å². The summed E-state index contributed by atoms with van der Waals surface area (Å²) in [5.41, 5.74) is 3.74. The SMILES string of the molecule is CCN(C(=O)c1cc2cc(C)ccc2nc1C)C1CCCC1. The van der Waals surface area contributed by atoms with Crippen LogP contribution < -0.4 is 0 Å². The van der Waals surface area contributed by atoms with Crippen molar-refractivity contribution in [1.82, 2.24) is 9.88 Å². The molecule has 0 unspecified atom stereocenters. The van der Waals surface area contributed by atoms with Gasteiger partial charge in [-0.3, -0.25) is 9.78 Å². The molecule has 0 radical (unpaired) electrons. The largest absolute Gasteiger partial charge is 0.336 e. The number of hydrogen-bond donors (Lipinski definition) is 0. The van der Waals surface area contributed by atoms with Gasteiger partial charge in [-0.2, -0.15) is 0 Å². The standard InChI is InChI=1S/C19H24N2O/c1-4-21(16-7-5-6-8-16)19(22)17-12-15-11-13(2)9-10-18(15)20-14(17)3/h9-12,16H,4-8H2,1-3H3. The van der Waals surface area contributed by atoms with Crippen molar-refractivity contribution < 1.29 is 4.79 Å². The molecule has 22 heavy (non-hydrogen) atoms. The lowest BCUT2D eigenvalue weighted by Crippen LogP contribution is -2.39. The van der Waals surface area contributed by atoms with Gasteiger partial charge < -0.3 is 4.90 Å². The minimum Gasteiger partial charge on any atom is -0.336 e. The lowest BCUT2D eigenvalue weighted by Gasteiger charge is -2.28. The summed E-state index contributed by atoms with van der Waals surface area (Å²) in [4.78, 5) is 19.7. The topological polar surface area (TPSA) is 33.2 Å². The first kappa shape index (κ1) is 15.0. The van der Waals surface area contributed by atoms with Crippen LogP contribution in [0.4, 0.5) is 0 Å². The van der Waals surface area contributed by atoms with E-state index in [-0.39, 0.29) is 5.91 Å². The molecule has 3 rings (SSSR count). The van der Waals surface area contributed by atoms with Crippen molar-refractivity contribution in [1.29, 1.82) is 0 Å². The van der Waals surface area contributed by atoms with Crippen molar-refractivity contribution in [2.45, 2.75) is 52.5 Å². The minimum atomic E-state index is 0.141. The Labute approximate surface area is 132 Å². The van der Waals surface area contributed by atoms with Crippen LogP contribution in [-0.4, -0.2) is 28.4 Å². The van der Waals surface area contributed by atoms with Gasteiger partial charge in [-0.1, -0.05) is 24.5 Å². The summed E-state index contributed by atoms with van der Waals surface area (Å²) in [6.07, 6.45) is 4.75. The molecular weight excluding hydrogens is 272 g/mol.